The highest BCUT2D eigenvalue weighted by Crippen LogP contribution is 2.25. The van der Waals surface area contributed by atoms with Crippen molar-refractivity contribution in [1.29, 1.82) is 0 Å². The lowest BCUT2D eigenvalue weighted by atomic mass is 10.2. The summed E-state index contributed by atoms with van der Waals surface area (Å²) in [6, 6.07) is 12.5. The van der Waals surface area contributed by atoms with E-state index in [4.69, 9.17) is 28.3 Å². The number of carboxylic acids is 1. The summed E-state index contributed by atoms with van der Waals surface area (Å²) in [5, 5.41) is 15.1. The second kappa shape index (κ2) is 8.03. The molecule has 7 nitrogen and oxygen atoms in total. The third-order valence-corrected chi connectivity index (χ3v) is 4.06. The molecule has 0 saturated heterocycles. The second-order valence-corrected chi connectivity index (χ2v) is 6.13. The number of aromatic nitrogens is 2. The first-order valence-electron chi connectivity index (χ1n) is 7.63. The number of halogens is 2. The number of nitrogens with zero attached hydrogens (tertiary/aromatic N) is 2. The molecule has 1 amide bonds. The van der Waals surface area contributed by atoms with Gasteiger partial charge in [-0.25, -0.2) is 14.8 Å². The standard InChI is InChI=1S/C18H12Cl2N4O3/c19-11-3-1-4-12(20)16(11)17(25)22-10-7-8-21-15(9-10)24-14-6-2-5-13(23-14)18(26)27/h1-9H,(H,26,27)(H2,21,22,23,24,25). The van der Waals surface area contributed by atoms with Crippen LogP contribution in [0.1, 0.15) is 20.8 Å². The molecule has 0 bridgehead atoms. The van der Waals surface area contributed by atoms with Gasteiger partial charge < -0.3 is 15.7 Å². The monoisotopic (exact) mass is 402 g/mol. The first kappa shape index (κ1) is 18.6. The molecule has 0 aliphatic rings. The number of pyridine rings is 2. The summed E-state index contributed by atoms with van der Waals surface area (Å²) in [5.74, 6) is -0.925. The Morgan fingerprint density at radius 3 is 2.37 bits per heavy atom. The maximum Gasteiger partial charge on any atom is 0.354 e. The molecule has 2 aromatic heterocycles. The Morgan fingerprint density at radius 1 is 0.963 bits per heavy atom. The van der Waals surface area contributed by atoms with Crippen molar-refractivity contribution in [1.82, 2.24) is 9.97 Å². The van der Waals surface area contributed by atoms with Crippen LogP contribution in [0.15, 0.2) is 54.7 Å². The fraction of sp³-hybridized carbons (Fsp3) is 0. The number of rotatable bonds is 5. The van der Waals surface area contributed by atoms with Gasteiger partial charge in [0.05, 0.1) is 15.6 Å². The van der Waals surface area contributed by atoms with Gasteiger partial charge in [0.25, 0.3) is 5.91 Å². The molecule has 2 heterocycles. The Labute approximate surface area is 164 Å². The maximum atomic E-state index is 12.4. The van der Waals surface area contributed by atoms with E-state index in [1.807, 2.05) is 0 Å². The topological polar surface area (TPSA) is 104 Å². The zero-order valence-corrected chi connectivity index (χ0v) is 15.1. The average molecular weight is 403 g/mol. The number of nitrogens with one attached hydrogen (secondary N) is 2. The third kappa shape index (κ3) is 4.52. The predicted octanol–water partition coefficient (Wildman–Crippen LogP) is 4.48. The number of carbonyl (C=O) groups is 2. The van der Waals surface area contributed by atoms with Crippen LogP contribution in [0.3, 0.4) is 0 Å². The molecule has 0 aliphatic carbocycles. The van der Waals surface area contributed by atoms with Crippen LogP contribution in [0.4, 0.5) is 17.3 Å². The first-order valence-corrected chi connectivity index (χ1v) is 8.38. The summed E-state index contributed by atoms with van der Waals surface area (Å²) < 4.78 is 0. The van der Waals surface area contributed by atoms with Crippen molar-refractivity contribution in [2.75, 3.05) is 10.6 Å². The number of aromatic carboxylic acids is 1. The van der Waals surface area contributed by atoms with Crippen molar-refractivity contribution in [2.45, 2.75) is 0 Å². The van der Waals surface area contributed by atoms with E-state index in [0.29, 0.717) is 17.3 Å². The summed E-state index contributed by atoms with van der Waals surface area (Å²) in [4.78, 5) is 31.5. The van der Waals surface area contributed by atoms with E-state index in [1.165, 1.54) is 12.3 Å². The molecule has 0 radical (unpaired) electrons. The summed E-state index contributed by atoms with van der Waals surface area (Å²) in [5.41, 5.74) is 0.517. The molecule has 0 spiro atoms. The number of hydrogen-bond donors (Lipinski definition) is 3. The largest absolute Gasteiger partial charge is 0.477 e. The molecule has 3 N–H and O–H groups in total. The minimum Gasteiger partial charge on any atom is -0.477 e. The van der Waals surface area contributed by atoms with Crippen LogP contribution in [0, 0.1) is 0 Å². The first-order chi connectivity index (χ1) is 12.9. The fourth-order valence-electron chi connectivity index (χ4n) is 2.24. The van der Waals surface area contributed by atoms with Crippen LogP contribution in [0.25, 0.3) is 0 Å². The van der Waals surface area contributed by atoms with Gasteiger partial charge >= 0.3 is 5.97 Å². The number of hydrogen-bond acceptors (Lipinski definition) is 5. The minimum atomic E-state index is -1.13. The molecule has 3 rings (SSSR count). The van der Waals surface area contributed by atoms with E-state index >= 15 is 0 Å². The summed E-state index contributed by atoms with van der Waals surface area (Å²) in [6.07, 6.45) is 1.48. The fourth-order valence-corrected chi connectivity index (χ4v) is 2.81. The predicted molar refractivity (Wildman–Crippen MR) is 103 cm³/mol. The Bertz CT molecular complexity index is 1010. The van der Waals surface area contributed by atoms with Crippen molar-refractivity contribution in [2.24, 2.45) is 0 Å². The Kier molecular flexibility index (Phi) is 5.54. The van der Waals surface area contributed by atoms with E-state index in [1.54, 1.807) is 42.5 Å². The van der Waals surface area contributed by atoms with Crippen LogP contribution >= 0.6 is 23.2 Å². The summed E-state index contributed by atoms with van der Waals surface area (Å²) in [6.45, 7) is 0. The SMILES string of the molecule is O=C(O)c1cccc(Nc2cc(NC(=O)c3c(Cl)cccc3Cl)ccn2)n1. The smallest absolute Gasteiger partial charge is 0.354 e. The number of amides is 1. The lowest BCUT2D eigenvalue weighted by molar-refractivity contribution is 0.0690. The quantitative estimate of drug-likeness (QED) is 0.581. The zero-order chi connectivity index (χ0) is 19.4. The van der Waals surface area contributed by atoms with E-state index in [0.717, 1.165) is 0 Å². The maximum absolute atomic E-state index is 12.4. The molecule has 0 unspecified atom stereocenters. The molecule has 0 saturated carbocycles. The van der Waals surface area contributed by atoms with Gasteiger partial charge in [0.2, 0.25) is 0 Å². The highest BCUT2D eigenvalue weighted by atomic mass is 35.5. The van der Waals surface area contributed by atoms with Crippen molar-refractivity contribution in [3.05, 3.63) is 76.0 Å². The van der Waals surface area contributed by atoms with Crippen molar-refractivity contribution < 1.29 is 14.7 Å². The molecule has 9 heteroatoms. The molecule has 0 aliphatic heterocycles. The third-order valence-electron chi connectivity index (χ3n) is 3.43. The number of benzene rings is 1. The van der Waals surface area contributed by atoms with Crippen LogP contribution in [-0.4, -0.2) is 27.0 Å². The zero-order valence-electron chi connectivity index (χ0n) is 13.6. The van der Waals surface area contributed by atoms with Gasteiger partial charge in [-0.1, -0.05) is 35.3 Å². The second-order valence-electron chi connectivity index (χ2n) is 5.32. The Balaban J connectivity index is 1.79. The van der Waals surface area contributed by atoms with Crippen molar-refractivity contribution in [3.63, 3.8) is 0 Å². The highest BCUT2D eigenvalue weighted by molar-refractivity contribution is 6.40. The number of carboxylic acid groups (broad SMARTS) is 1. The average Bonchev–Trinajstić information content (AvgIpc) is 2.62. The van der Waals surface area contributed by atoms with Crippen LogP contribution in [0.2, 0.25) is 10.0 Å². The molecule has 0 fully saturated rings. The molecule has 27 heavy (non-hydrogen) atoms. The van der Waals surface area contributed by atoms with Crippen LogP contribution in [-0.2, 0) is 0 Å². The molecular formula is C18H12Cl2N4O3. The van der Waals surface area contributed by atoms with Gasteiger partial charge in [-0.2, -0.15) is 0 Å². The van der Waals surface area contributed by atoms with Crippen LogP contribution < -0.4 is 10.6 Å². The van der Waals surface area contributed by atoms with Gasteiger partial charge in [0.1, 0.15) is 11.6 Å². The van der Waals surface area contributed by atoms with Gasteiger partial charge in [-0.3, -0.25) is 4.79 Å². The van der Waals surface area contributed by atoms with Gasteiger partial charge in [-0.15, -0.1) is 0 Å². The number of carbonyl (C=O) groups excluding carboxylic acids is 1. The lowest BCUT2D eigenvalue weighted by Crippen LogP contribution is -2.13. The molecular weight excluding hydrogens is 391 g/mol. The van der Waals surface area contributed by atoms with E-state index in [2.05, 4.69) is 20.6 Å². The summed E-state index contributed by atoms with van der Waals surface area (Å²) in [7, 11) is 0. The minimum absolute atomic E-state index is 0.0992. The van der Waals surface area contributed by atoms with E-state index < -0.39 is 11.9 Å². The van der Waals surface area contributed by atoms with Crippen molar-refractivity contribution in [3.8, 4) is 0 Å². The Morgan fingerprint density at radius 2 is 1.67 bits per heavy atom. The lowest BCUT2D eigenvalue weighted by Gasteiger charge is -2.10. The van der Waals surface area contributed by atoms with Crippen LogP contribution in [0.5, 0.6) is 0 Å². The van der Waals surface area contributed by atoms with Crippen molar-refractivity contribution >= 4 is 52.4 Å². The number of anilines is 3. The molecule has 0 atom stereocenters. The van der Waals surface area contributed by atoms with Gasteiger partial charge in [0.15, 0.2) is 5.69 Å². The Hall–Kier alpha value is -3.16. The molecule has 136 valence electrons. The normalized spacial score (nSPS) is 10.3. The highest BCUT2D eigenvalue weighted by Gasteiger charge is 2.15. The van der Waals surface area contributed by atoms with E-state index in [9.17, 15) is 9.59 Å². The van der Waals surface area contributed by atoms with Gasteiger partial charge in [-0.05, 0) is 30.3 Å². The molecule has 1 aromatic carbocycles. The summed E-state index contributed by atoms with van der Waals surface area (Å²) >= 11 is 12.1. The molecule has 3 aromatic rings. The van der Waals surface area contributed by atoms with Gasteiger partial charge in [0, 0.05) is 18.0 Å². The van der Waals surface area contributed by atoms with E-state index in [-0.39, 0.29) is 21.3 Å².